The standard InChI is InChI=1S/C15H21N3O4/c1-9(13(19)20)18(14(21)22-15(2,3)4)11-7-5-10(6-8-11)12(16)17/h5-9H,1-4H3,(H3,16,17)(H,19,20)/t9-/m0/s1. The van der Waals surface area contributed by atoms with Gasteiger partial charge in [0.15, 0.2) is 0 Å². The van der Waals surface area contributed by atoms with Crippen LogP contribution in [0.25, 0.3) is 0 Å². The number of hydrogen-bond acceptors (Lipinski definition) is 4. The van der Waals surface area contributed by atoms with Gasteiger partial charge in [-0.3, -0.25) is 10.3 Å². The average molecular weight is 307 g/mol. The molecule has 0 heterocycles. The molecule has 0 saturated heterocycles. The number of amides is 1. The van der Waals surface area contributed by atoms with E-state index in [1.165, 1.54) is 19.1 Å². The third kappa shape index (κ3) is 4.47. The number of benzene rings is 1. The van der Waals surface area contributed by atoms with Gasteiger partial charge in [-0.2, -0.15) is 0 Å². The van der Waals surface area contributed by atoms with Crippen LogP contribution in [0.15, 0.2) is 24.3 Å². The van der Waals surface area contributed by atoms with Crippen LogP contribution in [-0.2, 0) is 9.53 Å². The van der Waals surface area contributed by atoms with Gasteiger partial charge < -0.3 is 15.6 Å². The lowest BCUT2D eigenvalue weighted by atomic mass is 10.1. The molecule has 0 aromatic heterocycles. The fourth-order valence-corrected chi connectivity index (χ4v) is 1.71. The number of anilines is 1. The number of nitrogen functional groups attached to an aromatic ring is 1. The van der Waals surface area contributed by atoms with Gasteiger partial charge in [0.05, 0.1) is 0 Å². The van der Waals surface area contributed by atoms with E-state index in [1.807, 2.05) is 0 Å². The van der Waals surface area contributed by atoms with E-state index < -0.39 is 23.7 Å². The highest BCUT2D eigenvalue weighted by Gasteiger charge is 2.31. The first-order valence-corrected chi connectivity index (χ1v) is 6.72. The van der Waals surface area contributed by atoms with Crippen molar-refractivity contribution in [1.82, 2.24) is 0 Å². The Morgan fingerprint density at radius 3 is 2.14 bits per heavy atom. The highest BCUT2D eigenvalue weighted by Crippen LogP contribution is 2.21. The fourth-order valence-electron chi connectivity index (χ4n) is 1.71. The monoisotopic (exact) mass is 307 g/mol. The maximum Gasteiger partial charge on any atom is 0.415 e. The first kappa shape index (κ1) is 17.5. The van der Waals surface area contributed by atoms with Crippen LogP contribution in [0.4, 0.5) is 10.5 Å². The largest absolute Gasteiger partial charge is 0.480 e. The normalized spacial score (nSPS) is 12.4. The Bertz CT molecular complexity index is 575. The minimum absolute atomic E-state index is 0.110. The fraction of sp³-hybridized carbons (Fsp3) is 0.400. The number of carbonyl (C=O) groups is 2. The summed E-state index contributed by atoms with van der Waals surface area (Å²) in [5, 5.41) is 16.5. The summed E-state index contributed by atoms with van der Waals surface area (Å²) >= 11 is 0. The zero-order valence-electron chi connectivity index (χ0n) is 13.1. The summed E-state index contributed by atoms with van der Waals surface area (Å²) in [7, 11) is 0. The molecule has 7 nitrogen and oxygen atoms in total. The number of carboxylic acids is 1. The number of carboxylic acid groups (broad SMARTS) is 1. The first-order chi connectivity index (χ1) is 10.0. The van der Waals surface area contributed by atoms with Crippen molar-refractivity contribution >= 4 is 23.6 Å². The Hall–Kier alpha value is -2.57. The van der Waals surface area contributed by atoms with E-state index in [1.54, 1.807) is 32.9 Å². The zero-order valence-corrected chi connectivity index (χ0v) is 13.1. The van der Waals surface area contributed by atoms with Gasteiger partial charge in [0, 0.05) is 11.3 Å². The van der Waals surface area contributed by atoms with E-state index in [9.17, 15) is 14.7 Å². The van der Waals surface area contributed by atoms with Crippen LogP contribution in [0.1, 0.15) is 33.3 Å². The van der Waals surface area contributed by atoms with Crippen LogP contribution in [0, 0.1) is 5.41 Å². The van der Waals surface area contributed by atoms with Gasteiger partial charge in [-0.25, -0.2) is 9.59 Å². The molecule has 4 N–H and O–H groups in total. The predicted octanol–water partition coefficient (Wildman–Crippen LogP) is 2.19. The first-order valence-electron chi connectivity index (χ1n) is 6.72. The van der Waals surface area contributed by atoms with E-state index >= 15 is 0 Å². The molecule has 1 atom stereocenters. The van der Waals surface area contributed by atoms with Gasteiger partial charge in [-0.05, 0) is 52.0 Å². The Morgan fingerprint density at radius 2 is 1.77 bits per heavy atom. The van der Waals surface area contributed by atoms with Crippen molar-refractivity contribution in [2.75, 3.05) is 4.90 Å². The number of carbonyl (C=O) groups excluding carboxylic acids is 1. The highest BCUT2D eigenvalue weighted by molar-refractivity contribution is 5.97. The van der Waals surface area contributed by atoms with Crippen LogP contribution in [0.3, 0.4) is 0 Å². The second-order valence-electron chi connectivity index (χ2n) is 5.83. The molecule has 0 aliphatic heterocycles. The van der Waals surface area contributed by atoms with Crippen molar-refractivity contribution in [1.29, 1.82) is 5.41 Å². The van der Waals surface area contributed by atoms with Crippen LogP contribution in [-0.4, -0.2) is 34.6 Å². The molecule has 120 valence electrons. The molecule has 0 radical (unpaired) electrons. The van der Waals surface area contributed by atoms with Crippen molar-refractivity contribution in [2.45, 2.75) is 39.3 Å². The van der Waals surface area contributed by atoms with Crippen molar-refractivity contribution in [3.8, 4) is 0 Å². The summed E-state index contributed by atoms with van der Waals surface area (Å²) in [4.78, 5) is 24.6. The number of nitrogens with two attached hydrogens (primary N) is 1. The number of hydrogen-bond donors (Lipinski definition) is 3. The van der Waals surface area contributed by atoms with Crippen molar-refractivity contribution in [2.24, 2.45) is 5.73 Å². The molecule has 0 saturated carbocycles. The number of nitrogens with one attached hydrogen (secondary N) is 1. The molecule has 0 fully saturated rings. The second kappa shape index (κ2) is 6.46. The average Bonchev–Trinajstić information content (AvgIpc) is 2.37. The Balaban J connectivity index is 3.17. The van der Waals surface area contributed by atoms with Gasteiger partial charge in [-0.15, -0.1) is 0 Å². The van der Waals surface area contributed by atoms with E-state index in [4.69, 9.17) is 15.9 Å². The van der Waals surface area contributed by atoms with Gasteiger partial charge in [0.2, 0.25) is 0 Å². The molecule has 0 unspecified atom stereocenters. The number of amidine groups is 1. The van der Waals surface area contributed by atoms with E-state index in [-0.39, 0.29) is 5.84 Å². The Kier molecular flexibility index (Phi) is 5.14. The molecule has 7 heteroatoms. The summed E-state index contributed by atoms with van der Waals surface area (Å²) in [6, 6.07) is 5.05. The number of aliphatic carboxylic acids is 1. The molecular formula is C15H21N3O4. The summed E-state index contributed by atoms with van der Waals surface area (Å²) in [5.74, 6) is -1.26. The van der Waals surface area contributed by atoms with Crippen LogP contribution in [0.2, 0.25) is 0 Å². The van der Waals surface area contributed by atoms with Gasteiger partial charge in [0.1, 0.15) is 17.5 Å². The van der Waals surface area contributed by atoms with Crippen LogP contribution >= 0.6 is 0 Å². The van der Waals surface area contributed by atoms with Crippen molar-refractivity contribution in [3.05, 3.63) is 29.8 Å². The summed E-state index contributed by atoms with van der Waals surface area (Å²) in [5.41, 5.74) is 5.47. The summed E-state index contributed by atoms with van der Waals surface area (Å²) in [6.07, 6.45) is -0.752. The van der Waals surface area contributed by atoms with E-state index in [0.717, 1.165) is 4.90 Å². The highest BCUT2D eigenvalue weighted by atomic mass is 16.6. The number of ether oxygens (including phenoxy) is 1. The molecule has 1 aromatic carbocycles. The van der Waals surface area contributed by atoms with E-state index in [0.29, 0.717) is 11.3 Å². The molecule has 22 heavy (non-hydrogen) atoms. The van der Waals surface area contributed by atoms with Crippen LogP contribution in [0.5, 0.6) is 0 Å². The minimum atomic E-state index is -1.15. The molecule has 1 aromatic rings. The van der Waals surface area contributed by atoms with Gasteiger partial charge >= 0.3 is 12.1 Å². The lowest BCUT2D eigenvalue weighted by Crippen LogP contribution is -2.46. The third-order valence-corrected chi connectivity index (χ3v) is 2.79. The zero-order chi connectivity index (χ0) is 17.1. The van der Waals surface area contributed by atoms with Gasteiger partial charge in [-0.1, -0.05) is 0 Å². The molecule has 0 aliphatic carbocycles. The van der Waals surface area contributed by atoms with E-state index in [2.05, 4.69) is 0 Å². The minimum Gasteiger partial charge on any atom is -0.480 e. The third-order valence-electron chi connectivity index (χ3n) is 2.79. The Morgan fingerprint density at radius 1 is 1.27 bits per heavy atom. The molecule has 1 amide bonds. The topological polar surface area (TPSA) is 117 Å². The molecule has 1 rings (SSSR count). The van der Waals surface area contributed by atoms with Gasteiger partial charge in [0.25, 0.3) is 0 Å². The number of nitrogens with zero attached hydrogens (tertiary/aromatic N) is 1. The summed E-state index contributed by atoms with van der Waals surface area (Å²) in [6.45, 7) is 6.50. The molecule has 0 spiro atoms. The number of rotatable bonds is 4. The molecular weight excluding hydrogens is 286 g/mol. The second-order valence-corrected chi connectivity index (χ2v) is 5.83. The lowest BCUT2D eigenvalue weighted by Gasteiger charge is -2.30. The Labute approximate surface area is 129 Å². The van der Waals surface area contributed by atoms with Crippen LogP contribution < -0.4 is 10.6 Å². The predicted molar refractivity (Wildman–Crippen MR) is 83.3 cm³/mol. The quantitative estimate of drug-likeness (QED) is 0.582. The SMILES string of the molecule is C[C@@H](C(=O)O)N(C(=O)OC(C)(C)C)c1ccc(C(=N)N)cc1. The summed E-state index contributed by atoms with van der Waals surface area (Å²) < 4.78 is 5.26. The molecule has 0 aliphatic rings. The maximum absolute atomic E-state index is 12.3. The maximum atomic E-state index is 12.3. The van der Waals surface area contributed by atoms with Crippen molar-refractivity contribution in [3.63, 3.8) is 0 Å². The van der Waals surface area contributed by atoms with Crippen molar-refractivity contribution < 1.29 is 19.4 Å². The molecule has 0 bridgehead atoms. The smallest absolute Gasteiger partial charge is 0.415 e. The lowest BCUT2D eigenvalue weighted by molar-refractivity contribution is -0.138.